The van der Waals surface area contributed by atoms with Crippen molar-refractivity contribution >= 4 is 17.1 Å². The van der Waals surface area contributed by atoms with E-state index in [9.17, 15) is 15.4 Å². The van der Waals surface area contributed by atoms with E-state index in [2.05, 4.69) is 11.1 Å². The molecule has 1 unspecified atom stereocenters. The largest absolute Gasteiger partial charge is 0.506 e. The maximum absolute atomic E-state index is 10.4. The molecule has 1 atom stereocenters. The van der Waals surface area contributed by atoms with Crippen LogP contribution in [0.5, 0.6) is 5.75 Å². The molecule has 1 aromatic rings. The van der Waals surface area contributed by atoms with Gasteiger partial charge in [0.1, 0.15) is 28.9 Å². The van der Waals surface area contributed by atoms with Gasteiger partial charge in [-0.25, -0.2) is 10.1 Å². The summed E-state index contributed by atoms with van der Waals surface area (Å²) in [7, 11) is 0. The number of phenols is 1. The zero-order chi connectivity index (χ0) is 15.9. The fourth-order valence-corrected chi connectivity index (χ4v) is 2.60. The Balaban J connectivity index is 2.17. The Kier molecular flexibility index (Phi) is 3.50. The Hall–Kier alpha value is -2.53. The van der Waals surface area contributed by atoms with Crippen LogP contribution in [-0.4, -0.2) is 27.2 Å². The number of aliphatic hydroxyl groups is 1. The summed E-state index contributed by atoms with van der Waals surface area (Å²) in [6.45, 7) is 4.02. The van der Waals surface area contributed by atoms with E-state index in [1.807, 2.05) is 13.8 Å². The van der Waals surface area contributed by atoms with Crippen molar-refractivity contribution in [2.45, 2.75) is 26.3 Å². The van der Waals surface area contributed by atoms with Crippen LogP contribution in [0.1, 0.15) is 19.4 Å². The number of nitrogens with zero attached hydrogens (tertiary/aromatic N) is 2. The van der Waals surface area contributed by atoms with Crippen molar-refractivity contribution in [3.05, 3.63) is 53.3 Å². The lowest BCUT2D eigenvalue weighted by Gasteiger charge is -2.33. The summed E-state index contributed by atoms with van der Waals surface area (Å²) in [5.74, 6) is -0.0163. The number of aromatic hydroxyl groups is 1. The second-order valence-corrected chi connectivity index (χ2v) is 5.65. The van der Waals surface area contributed by atoms with Crippen LogP contribution in [0.4, 0.5) is 11.4 Å². The van der Waals surface area contributed by atoms with Crippen molar-refractivity contribution in [3.8, 4) is 5.75 Å². The van der Waals surface area contributed by atoms with Crippen molar-refractivity contribution in [2.75, 3.05) is 5.06 Å². The molecule has 2 aliphatic rings. The molecular weight excluding hydrogens is 280 g/mol. The average molecular weight is 298 g/mol. The van der Waals surface area contributed by atoms with E-state index in [4.69, 9.17) is 0 Å². The van der Waals surface area contributed by atoms with Gasteiger partial charge in [-0.15, -0.1) is 0 Å². The minimum atomic E-state index is -0.595. The van der Waals surface area contributed by atoms with Gasteiger partial charge in [-0.05, 0) is 38.0 Å². The van der Waals surface area contributed by atoms with Crippen LogP contribution in [-0.2, 0) is 6.42 Å². The van der Waals surface area contributed by atoms with Gasteiger partial charge in [0.05, 0.1) is 5.69 Å². The highest BCUT2D eigenvalue weighted by Gasteiger charge is 2.34. The topological polar surface area (TPSA) is 76.3 Å². The summed E-state index contributed by atoms with van der Waals surface area (Å²) < 4.78 is 0. The van der Waals surface area contributed by atoms with E-state index in [1.54, 1.807) is 24.3 Å². The molecule has 0 fully saturated rings. The summed E-state index contributed by atoms with van der Waals surface area (Å²) in [6.07, 6.45) is 7.59. The third kappa shape index (κ3) is 2.29. The highest BCUT2D eigenvalue weighted by molar-refractivity contribution is 6.10. The monoisotopic (exact) mass is 298 g/mol. The number of hydroxylamine groups is 1. The first-order valence-corrected chi connectivity index (χ1v) is 7.11. The van der Waals surface area contributed by atoms with Gasteiger partial charge >= 0.3 is 0 Å². The first-order chi connectivity index (χ1) is 10.5. The van der Waals surface area contributed by atoms with Gasteiger partial charge in [0.15, 0.2) is 0 Å². The average Bonchev–Trinajstić information content (AvgIpc) is 2.47. The number of allylic oxidation sites excluding steroid dienone is 4. The zero-order valence-electron chi connectivity index (χ0n) is 12.5. The van der Waals surface area contributed by atoms with Crippen LogP contribution in [0.3, 0.4) is 0 Å². The van der Waals surface area contributed by atoms with Crippen LogP contribution >= 0.6 is 0 Å². The van der Waals surface area contributed by atoms with Crippen molar-refractivity contribution in [2.24, 2.45) is 4.99 Å². The van der Waals surface area contributed by atoms with Crippen LogP contribution in [0.15, 0.2) is 52.8 Å². The Morgan fingerprint density at radius 3 is 2.82 bits per heavy atom. The zero-order valence-corrected chi connectivity index (χ0v) is 12.5. The maximum Gasteiger partial charge on any atom is 0.143 e. The van der Waals surface area contributed by atoms with Crippen molar-refractivity contribution < 1.29 is 15.4 Å². The molecule has 0 saturated carbocycles. The molecule has 5 heteroatoms. The normalized spacial score (nSPS) is 19.0. The summed E-state index contributed by atoms with van der Waals surface area (Å²) in [5, 5.41) is 31.5. The number of benzene rings is 1. The predicted octanol–water partition coefficient (Wildman–Crippen LogP) is 3.56. The number of anilines is 1. The van der Waals surface area contributed by atoms with E-state index in [1.165, 1.54) is 11.6 Å². The SMILES string of the molecule is CC(C)=CCc1ccc(O)c2c1N=C1C(O)=CC=CC1N2O. The van der Waals surface area contributed by atoms with Gasteiger partial charge < -0.3 is 10.2 Å². The Labute approximate surface area is 128 Å². The van der Waals surface area contributed by atoms with Crippen LogP contribution in [0, 0.1) is 0 Å². The lowest BCUT2D eigenvalue weighted by Crippen LogP contribution is -2.41. The van der Waals surface area contributed by atoms with Crippen molar-refractivity contribution in [3.63, 3.8) is 0 Å². The van der Waals surface area contributed by atoms with Gasteiger partial charge in [0, 0.05) is 0 Å². The third-order valence-electron chi connectivity index (χ3n) is 3.76. The number of hydrogen-bond acceptors (Lipinski definition) is 5. The van der Waals surface area contributed by atoms with E-state index in [0.29, 0.717) is 17.8 Å². The molecule has 22 heavy (non-hydrogen) atoms. The molecule has 1 aromatic carbocycles. The molecule has 0 aromatic heterocycles. The fraction of sp³-hybridized carbons (Fsp3) is 0.235. The molecule has 1 aliphatic carbocycles. The minimum Gasteiger partial charge on any atom is -0.506 e. The number of aliphatic imine (C=N–C) groups is 1. The van der Waals surface area contributed by atoms with Crippen LogP contribution in [0.25, 0.3) is 0 Å². The lowest BCUT2D eigenvalue weighted by atomic mass is 9.98. The van der Waals surface area contributed by atoms with Gasteiger partial charge in [-0.3, -0.25) is 5.21 Å². The molecule has 1 heterocycles. The smallest absolute Gasteiger partial charge is 0.143 e. The molecular formula is C17H18N2O3. The molecule has 5 nitrogen and oxygen atoms in total. The fourth-order valence-electron chi connectivity index (χ4n) is 2.60. The number of aliphatic hydroxyl groups excluding tert-OH is 1. The van der Waals surface area contributed by atoms with Gasteiger partial charge in [-0.2, -0.15) is 0 Å². The molecule has 0 saturated heterocycles. The minimum absolute atomic E-state index is 0.0220. The molecule has 3 N–H and O–H groups in total. The summed E-state index contributed by atoms with van der Waals surface area (Å²) in [5.41, 5.74) is 3.18. The molecule has 0 bridgehead atoms. The van der Waals surface area contributed by atoms with Gasteiger partial charge in [-0.1, -0.05) is 29.9 Å². The summed E-state index contributed by atoms with van der Waals surface area (Å²) in [4.78, 5) is 4.49. The first kappa shape index (κ1) is 14.4. The standard InChI is InChI=1S/C17H18N2O3/c1-10(2)6-7-11-8-9-14(21)17-15(11)18-16-12(19(17)22)4-3-5-13(16)20/h3-6,8-9,12,20-22H,7H2,1-2H3. The third-order valence-corrected chi connectivity index (χ3v) is 3.76. The Morgan fingerprint density at radius 1 is 1.32 bits per heavy atom. The van der Waals surface area contributed by atoms with Crippen molar-refractivity contribution in [1.29, 1.82) is 0 Å². The highest BCUT2D eigenvalue weighted by Crippen LogP contribution is 2.44. The van der Waals surface area contributed by atoms with Gasteiger partial charge in [0.25, 0.3) is 0 Å². The number of hydrogen-bond donors (Lipinski definition) is 3. The number of rotatable bonds is 2. The van der Waals surface area contributed by atoms with Crippen molar-refractivity contribution in [1.82, 2.24) is 0 Å². The van der Waals surface area contributed by atoms with Crippen LogP contribution < -0.4 is 5.06 Å². The van der Waals surface area contributed by atoms with Crippen LogP contribution in [0.2, 0.25) is 0 Å². The lowest BCUT2D eigenvalue weighted by molar-refractivity contribution is 0.245. The molecule has 1 aliphatic heterocycles. The second-order valence-electron chi connectivity index (χ2n) is 5.65. The summed E-state index contributed by atoms with van der Waals surface area (Å²) >= 11 is 0. The van der Waals surface area contributed by atoms with E-state index in [0.717, 1.165) is 10.6 Å². The molecule has 0 spiro atoms. The molecule has 0 radical (unpaired) electrons. The number of fused-ring (bicyclic) bond motifs is 2. The predicted molar refractivity (Wildman–Crippen MR) is 86.2 cm³/mol. The molecule has 3 rings (SSSR count). The Bertz CT molecular complexity index is 741. The quantitative estimate of drug-likeness (QED) is 0.730. The summed E-state index contributed by atoms with van der Waals surface area (Å²) in [6, 6.07) is 2.74. The Morgan fingerprint density at radius 2 is 2.09 bits per heavy atom. The second kappa shape index (κ2) is 5.35. The van der Waals surface area contributed by atoms with E-state index < -0.39 is 6.04 Å². The van der Waals surface area contributed by atoms with E-state index >= 15 is 0 Å². The molecule has 0 amide bonds. The van der Waals surface area contributed by atoms with E-state index in [-0.39, 0.29) is 17.2 Å². The first-order valence-electron chi connectivity index (χ1n) is 7.11. The maximum atomic E-state index is 10.4. The molecule has 114 valence electrons. The number of phenolic OH excluding ortho intramolecular Hbond substituents is 1. The van der Waals surface area contributed by atoms with Gasteiger partial charge in [0.2, 0.25) is 0 Å². The highest BCUT2D eigenvalue weighted by atomic mass is 16.5.